The van der Waals surface area contributed by atoms with Crippen LogP contribution in [0.3, 0.4) is 0 Å². The molecule has 2 fully saturated rings. The fourth-order valence-electron chi connectivity index (χ4n) is 5.34. The fourth-order valence-corrected chi connectivity index (χ4v) is 5.34. The van der Waals surface area contributed by atoms with Crippen LogP contribution in [-0.4, -0.2) is 48.7 Å². The molecular weight excluding hydrogens is 391 g/mol. The standard InChI is InChI=1S/C21H25FN4O4/c1-24-10-30-20-17-12(19(27)14(21(28)29)9-26(17)24)6-15(22)18(20)25-7-11-4-2-3-5-16(23)13(11)8-25/h6,9,11,13,16H,2-5,7-8,10,23H2,1H3,(H,28,29)/t11-,13+,16-/m0/s1. The van der Waals surface area contributed by atoms with Crippen LogP contribution < -0.4 is 25.8 Å². The summed E-state index contributed by atoms with van der Waals surface area (Å²) < 4.78 is 22.8. The smallest absolute Gasteiger partial charge is 0.341 e. The molecule has 0 spiro atoms. The van der Waals surface area contributed by atoms with Gasteiger partial charge in [0.1, 0.15) is 16.8 Å². The Kier molecular flexibility index (Phi) is 4.39. The maximum absolute atomic E-state index is 15.4. The normalized spacial score (nSPS) is 25.8. The molecule has 3 N–H and O–H groups in total. The molecule has 1 saturated heterocycles. The van der Waals surface area contributed by atoms with E-state index in [1.807, 2.05) is 4.90 Å². The fraction of sp³-hybridized carbons (Fsp3) is 0.524. The van der Waals surface area contributed by atoms with Crippen molar-refractivity contribution in [3.8, 4) is 5.75 Å². The third kappa shape index (κ3) is 2.75. The summed E-state index contributed by atoms with van der Waals surface area (Å²) in [6, 6.07) is 1.25. The number of fused-ring (bicyclic) bond motifs is 1. The molecule has 0 radical (unpaired) electrons. The van der Waals surface area contributed by atoms with Crippen LogP contribution in [0.5, 0.6) is 5.75 Å². The SMILES string of the molecule is CN1COc2c(N3C[C@@H]4CCCC[C@H](N)[C@@H]4C3)c(F)cc3c(=O)c(C(=O)O)cn1c23. The molecule has 3 aliphatic rings. The number of nitrogens with zero attached hydrogens (tertiary/aromatic N) is 3. The highest BCUT2D eigenvalue weighted by Gasteiger charge is 2.40. The Balaban J connectivity index is 1.68. The van der Waals surface area contributed by atoms with Crippen molar-refractivity contribution < 1.29 is 19.0 Å². The minimum Gasteiger partial charge on any atom is -0.477 e. The average molecular weight is 416 g/mol. The van der Waals surface area contributed by atoms with Gasteiger partial charge in [-0.1, -0.05) is 12.8 Å². The molecule has 30 heavy (non-hydrogen) atoms. The van der Waals surface area contributed by atoms with Gasteiger partial charge in [-0.2, -0.15) is 0 Å². The van der Waals surface area contributed by atoms with Crippen molar-refractivity contribution in [2.24, 2.45) is 17.6 Å². The molecule has 0 amide bonds. The van der Waals surface area contributed by atoms with E-state index in [4.69, 9.17) is 10.5 Å². The van der Waals surface area contributed by atoms with Crippen LogP contribution in [0.2, 0.25) is 0 Å². The van der Waals surface area contributed by atoms with Crippen LogP contribution in [0.1, 0.15) is 36.0 Å². The maximum atomic E-state index is 15.4. The Morgan fingerprint density at radius 1 is 1.30 bits per heavy atom. The van der Waals surface area contributed by atoms with E-state index in [1.54, 1.807) is 16.7 Å². The van der Waals surface area contributed by atoms with Gasteiger partial charge in [0.15, 0.2) is 18.3 Å². The number of ether oxygens (including phenoxy) is 1. The van der Waals surface area contributed by atoms with Crippen molar-refractivity contribution in [3.05, 3.63) is 33.9 Å². The van der Waals surface area contributed by atoms with E-state index in [9.17, 15) is 14.7 Å². The lowest BCUT2D eigenvalue weighted by molar-refractivity contribution is 0.0694. The first-order chi connectivity index (χ1) is 14.4. The number of carboxylic acid groups (broad SMARTS) is 1. The van der Waals surface area contributed by atoms with Gasteiger partial charge >= 0.3 is 5.97 Å². The number of aromatic carboxylic acids is 1. The van der Waals surface area contributed by atoms with Gasteiger partial charge in [-0.3, -0.25) is 14.5 Å². The number of carbonyl (C=O) groups is 1. The first-order valence-electron chi connectivity index (χ1n) is 10.4. The molecule has 8 nitrogen and oxygen atoms in total. The second-order valence-corrected chi connectivity index (χ2v) is 8.66. The van der Waals surface area contributed by atoms with E-state index in [-0.39, 0.29) is 18.2 Å². The van der Waals surface area contributed by atoms with Gasteiger partial charge in [-0.05, 0) is 30.7 Å². The highest BCUT2D eigenvalue weighted by Crippen LogP contribution is 2.44. The summed E-state index contributed by atoms with van der Waals surface area (Å²) in [5, 5.41) is 11.1. The van der Waals surface area contributed by atoms with E-state index in [0.29, 0.717) is 41.9 Å². The number of rotatable bonds is 2. The molecule has 0 bridgehead atoms. The topological polar surface area (TPSA) is 101 Å². The molecule has 9 heteroatoms. The van der Waals surface area contributed by atoms with Gasteiger partial charge in [0.05, 0.1) is 5.39 Å². The summed E-state index contributed by atoms with van der Waals surface area (Å²) in [4.78, 5) is 26.3. The lowest BCUT2D eigenvalue weighted by atomic mass is 9.88. The molecule has 2 aromatic rings. The van der Waals surface area contributed by atoms with Gasteiger partial charge in [0.2, 0.25) is 5.43 Å². The summed E-state index contributed by atoms with van der Waals surface area (Å²) in [5.74, 6) is -0.907. The van der Waals surface area contributed by atoms with E-state index in [2.05, 4.69) is 0 Å². The summed E-state index contributed by atoms with van der Waals surface area (Å²) in [5.41, 5.74) is 6.04. The number of benzene rings is 1. The molecule has 160 valence electrons. The second-order valence-electron chi connectivity index (χ2n) is 8.66. The first kappa shape index (κ1) is 19.2. The van der Waals surface area contributed by atoms with E-state index in [1.165, 1.54) is 6.20 Å². The highest BCUT2D eigenvalue weighted by molar-refractivity contribution is 5.97. The largest absolute Gasteiger partial charge is 0.477 e. The lowest BCUT2D eigenvalue weighted by Crippen LogP contribution is -2.40. The monoisotopic (exact) mass is 416 g/mol. The molecule has 1 aromatic heterocycles. The van der Waals surface area contributed by atoms with Crippen LogP contribution in [0.4, 0.5) is 10.1 Å². The van der Waals surface area contributed by atoms with Gasteiger partial charge in [0, 0.05) is 32.4 Å². The number of nitrogens with two attached hydrogens (primary N) is 1. The maximum Gasteiger partial charge on any atom is 0.341 e. The van der Waals surface area contributed by atoms with Crippen molar-refractivity contribution in [1.82, 2.24) is 4.68 Å². The molecule has 5 rings (SSSR count). The molecule has 3 atom stereocenters. The minimum atomic E-state index is -1.34. The van der Waals surface area contributed by atoms with Crippen molar-refractivity contribution in [2.75, 3.05) is 36.8 Å². The lowest BCUT2D eigenvalue weighted by Gasteiger charge is -2.33. The number of hydrogen-bond acceptors (Lipinski definition) is 6. The molecular formula is C21H25FN4O4. The summed E-state index contributed by atoms with van der Waals surface area (Å²) in [6.45, 7) is 1.46. The summed E-state index contributed by atoms with van der Waals surface area (Å²) >= 11 is 0. The number of pyridine rings is 1. The van der Waals surface area contributed by atoms with E-state index < -0.39 is 22.8 Å². The molecule has 1 aromatic carbocycles. The van der Waals surface area contributed by atoms with Crippen LogP contribution >= 0.6 is 0 Å². The predicted octanol–water partition coefficient (Wildman–Crippen LogP) is 1.71. The van der Waals surface area contributed by atoms with E-state index >= 15 is 4.39 Å². The minimum absolute atomic E-state index is 0.00261. The van der Waals surface area contributed by atoms with Gasteiger partial charge in [-0.25, -0.2) is 9.18 Å². The number of carboxylic acids is 1. The van der Waals surface area contributed by atoms with Gasteiger partial charge in [0.25, 0.3) is 0 Å². The van der Waals surface area contributed by atoms with Gasteiger partial charge in [-0.15, -0.1) is 0 Å². The Labute approximate surface area is 172 Å². The second kappa shape index (κ2) is 6.87. The highest BCUT2D eigenvalue weighted by atomic mass is 19.1. The third-order valence-electron chi connectivity index (χ3n) is 6.87. The zero-order valence-electron chi connectivity index (χ0n) is 16.8. The third-order valence-corrected chi connectivity index (χ3v) is 6.87. The Hall–Kier alpha value is -2.81. The van der Waals surface area contributed by atoms with Crippen LogP contribution in [-0.2, 0) is 0 Å². The number of halogens is 1. The average Bonchev–Trinajstić information content (AvgIpc) is 3.04. The predicted molar refractivity (Wildman–Crippen MR) is 110 cm³/mol. The molecule has 3 heterocycles. The Morgan fingerprint density at radius 3 is 2.83 bits per heavy atom. The van der Waals surface area contributed by atoms with Crippen LogP contribution in [0.15, 0.2) is 17.1 Å². The molecule has 1 aliphatic carbocycles. The molecule has 0 unspecified atom stereocenters. The Morgan fingerprint density at radius 2 is 2.07 bits per heavy atom. The van der Waals surface area contributed by atoms with Crippen molar-refractivity contribution in [1.29, 1.82) is 0 Å². The summed E-state index contributed by atoms with van der Waals surface area (Å²) in [7, 11) is 1.72. The van der Waals surface area contributed by atoms with Crippen molar-refractivity contribution in [3.63, 3.8) is 0 Å². The zero-order chi connectivity index (χ0) is 21.2. The first-order valence-corrected chi connectivity index (χ1v) is 10.4. The van der Waals surface area contributed by atoms with E-state index in [0.717, 1.165) is 31.7 Å². The quantitative estimate of drug-likeness (QED) is 0.769. The molecule has 2 aliphatic heterocycles. The van der Waals surface area contributed by atoms with Gasteiger partial charge < -0.3 is 20.5 Å². The summed E-state index contributed by atoms with van der Waals surface area (Å²) in [6.07, 6.45) is 5.62. The van der Waals surface area contributed by atoms with Crippen LogP contribution in [0, 0.1) is 17.7 Å². The number of anilines is 1. The number of aromatic nitrogens is 1. The number of hydrogen-bond donors (Lipinski definition) is 2. The van der Waals surface area contributed by atoms with Crippen molar-refractivity contribution >= 4 is 22.6 Å². The Bertz CT molecular complexity index is 1100. The van der Waals surface area contributed by atoms with Crippen molar-refractivity contribution in [2.45, 2.75) is 31.7 Å². The van der Waals surface area contributed by atoms with Crippen LogP contribution in [0.25, 0.3) is 10.9 Å². The molecule has 1 saturated carbocycles. The zero-order valence-corrected chi connectivity index (χ0v) is 16.8.